The van der Waals surface area contributed by atoms with Crippen LogP contribution in [0.2, 0.25) is 0 Å². The van der Waals surface area contributed by atoms with E-state index in [9.17, 15) is 9.59 Å². The molecule has 0 aliphatic heterocycles. The highest BCUT2D eigenvalue weighted by Crippen LogP contribution is 2.09. The number of unbranched alkanes of at least 4 members (excludes halogenated alkanes) is 5. The Morgan fingerprint density at radius 2 is 1.57 bits per heavy atom. The van der Waals surface area contributed by atoms with Gasteiger partial charge in [0.05, 0.1) is 24.8 Å². The van der Waals surface area contributed by atoms with Crippen molar-refractivity contribution in [1.29, 1.82) is 0 Å². The highest BCUT2D eigenvalue weighted by atomic mass is 16.5. The SMILES string of the molecule is CCCCCCCCOC(=O)c1cccc(C(=O)OC)c1. The summed E-state index contributed by atoms with van der Waals surface area (Å²) in [6.07, 6.45) is 6.88. The molecule has 0 aromatic heterocycles. The molecule has 4 nitrogen and oxygen atoms in total. The number of hydrogen-bond donors (Lipinski definition) is 0. The zero-order chi connectivity index (χ0) is 15.5. The molecule has 0 fully saturated rings. The van der Waals surface area contributed by atoms with Gasteiger partial charge in [-0.05, 0) is 24.6 Å². The zero-order valence-corrected chi connectivity index (χ0v) is 12.9. The van der Waals surface area contributed by atoms with Crippen LogP contribution in [-0.4, -0.2) is 25.7 Å². The first-order chi connectivity index (χ1) is 10.2. The van der Waals surface area contributed by atoms with Crippen molar-refractivity contribution in [3.05, 3.63) is 35.4 Å². The van der Waals surface area contributed by atoms with E-state index < -0.39 is 11.9 Å². The lowest BCUT2D eigenvalue weighted by molar-refractivity contribution is 0.0497. The number of ether oxygens (including phenoxy) is 2. The smallest absolute Gasteiger partial charge is 0.338 e. The molecule has 0 saturated heterocycles. The molecule has 0 N–H and O–H groups in total. The molecule has 0 unspecified atom stereocenters. The monoisotopic (exact) mass is 292 g/mol. The molecule has 0 atom stereocenters. The molecule has 0 aliphatic rings. The molecule has 0 saturated carbocycles. The Labute approximate surface area is 126 Å². The van der Waals surface area contributed by atoms with Crippen LogP contribution in [0.3, 0.4) is 0 Å². The van der Waals surface area contributed by atoms with Crippen molar-refractivity contribution in [3.63, 3.8) is 0 Å². The maximum Gasteiger partial charge on any atom is 0.338 e. The Morgan fingerprint density at radius 1 is 0.952 bits per heavy atom. The summed E-state index contributed by atoms with van der Waals surface area (Å²) in [5.74, 6) is -0.852. The second kappa shape index (κ2) is 9.97. The van der Waals surface area contributed by atoms with E-state index in [4.69, 9.17) is 4.74 Å². The molecule has 1 aromatic carbocycles. The first kappa shape index (κ1) is 17.2. The van der Waals surface area contributed by atoms with Gasteiger partial charge in [0, 0.05) is 0 Å². The summed E-state index contributed by atoms with van der Waals surface area (Å²) in [7, 11) is 1.31. The lowest BCUT2D eigenvalue weighted by Gasteiger charge is -2.06. The summed E-state index contributed by atoms with van der Waals surface area (Å²) in [5.41, 5.74) is 0.732. The molecule has 116 valence electrons. The molecule has 4 heteroatoms. The van der Waals surface area contributed by atoms with Crippen LogP contribution in [-0.2, 0) is 9.47 Å². The first-order valence-corrected chi connectivity index (χ1v) is 7.54. The third kappa shape index (κ3) is 6.43. The van der Waals surface area contributed by atoms with Gasteiger partial charge in [-0.2, -0.15) is 0 Å². The number of hydrogen-bond acceptors (Lipinski definition) is 4. The minimum Gasteiger partial charge on any atom is -0.465 e. The van der Waals surface area contributed by atoms with Gasteiger partial charge in [0.2, 0.25) is 0 Å². The van der Waals surface area contributed by atoms with Gasteiger partial charge >= 0.3 is 11.9 Å². The summed E-state index contributed by atoms with van der Waals surface area (Å²) in [6, 6.07) is 6.38. The van der Waals surface area contributed by atoms with E-state index in [2.05, 4.69) is 11.7 Å². The van der Waals surface area contributed by atoms with Crippen LogP contribution in [0.5, 0.6) is 0 Å². The molecular formula is C17H24O4. The lowest BCUT2D eigenvalue weighted by Crippen LogP contribution is -2.08. The van der Waals surface area contributed by atoms with Crippen molar-refractivity contribution >= 4 is 11.9 Å². The van der Waals surface area contributed by atoms with Crippen LogP contribution >= 0.6 is 0 Å². The molecule has 0 radical (unpaired) electrons. The first-order valence-electron chi connectivity index (χ1n) is 7.54. The van der Waals surface area contributed by atoms with Crippen LogP contribution < -0.4 is 0 Å². The second-order valence-corrected chi connectivity index (χ2v) is 4.98. The summed E-state index contributed by atoms with van der Waals surface area (Å²) in [6.45, 7) is 2.61. The van der Waals surface area contributed by atoms with Crippen LogP contribution in [0.1, 0.15) is 66.2 Å². The molecule has 1 rings (SSSR count). The van der Waals surface area contributed by atoms with Gasteiger partial charge in [0.15, 0.2) is 0 Å². The average molecular weight is 292 g/mol. The van der Waals surface area contributed by atoms with E-state index in [0.717, 1.165) is 12.8 Å². The predicted molar refractivity (Wildman–Crippen MR) is 81.4 cm³/mol. The Hall–Kier alpha value is -1.84. The fourth-order valence-corrected chi connectivity index (χ4v) is 2.02. The minimum atomic E-state index is -0.458. The predicted octanol–water partition coefficient (Wildman–Crippen LogP) is 3.99. The Bertz CT molecular complexity index is 454. The van der Waals surface area contributed by atoms with Crippen molar-refractivity contribution in [1.82, 2.24) is 0 Å². The quantitative estimate of drug-likeness (QED) is 0.510. The van der Waals surface area contributed by atoms with Crippen molar-refractivity contribution < 1.29 is 19.1 Å². The van der Waals surface area contributed by atoms with Crippen molar-refractivity contribution in [2.45, 2.75) is 45.4 Å². The third-order valence-electron chi connectivity index (χ3n) is 3.25. The third-order valence-corrected chi connectivity index (χ3v) is 3.25. The van der Waals surface area contributed by atoms with Crippen molar-refractivity contribution in [2.75, 3.05) is 13.7 Å². The van der Waals surface area contributed by atoms with Gasteiger partial charge in [-0.25, -0.2) is 9.59 Å². The van der Waals surface area contributed by atoms with Crippen LogP contribution in [0.4, 0.5) is 0 Å². The largest absolute Gasteiger partial charge is 0.465 e. The van der Waals surface area contributed by atoms with E-state index in [-0.39, 0.29) is 0 Å². The van der Waals surface area contributed by atoms with E-state index in [0.29, 0.717) is 17.7 Å². The maximum absolute atomic E-state index is 11.9. The Morgan fingerprint density at radius 3 is 2.24 bits per heavy atom. The minimum absolute atomic E-state index is 0.353. The van der Waals surface area contributed by atoms with Crippen LogP contribution in [0.25, 0.3) is 0 Å². The number of esters is 2. The topological polar surface area (TPSA) is 52.6 Å². The zero-order valence-electron chi connectivity index (χ0n) is 12.9. The molecular weight excluding hydrogens is 268 g/mol. The summed E-state index contributed by atoms with van der Waals surface area (Å²) in [4.78, 5) is 23.3. The van der Waals surface area contributed by atoms with Gasteiger partial charge in [0.1, 0.15) is 0 Å². The van der Waals surface area contributed by atoms with Crippen LogP contribution in [0, 0.1) is 0 Å². The highest BCUT2D eigenvalue weighted by Gasteiger charge is 2.11. The highest BCUT2D eigenvalue weighted by molar-refractivity contribution is 5.95. The van der Waals surface area contributed by atoms with Crippen LogP contribution in [0.15, 0.2) is 24.3 Å². The number of benzene rings is 1. The van der Waals surface area contributed by atoms with E-state index in [1.165, 1.54) is 38.9 Å². The van der Waals surface area contributed by atoms with E-state index in [1.807, 2.05) is 0 Å². The molecule has 0 bridgehead atoms. The van der Waals surface area contributed by atoms with E-state index in [1.54, 1.807) is 18.2 Å². The number of methoxy groups -OCH3 is 1. The normalized spacial score (nSPS) is 10.2. The molecule has 0 amide bonds. The molecule has 1 aromatic rings. The van der Waals surface area contributed by atoms with Crippen molar-refractivity contribution in [3.8, 4) is 0 Å². The average Bonchev–Trinajstić information content (AvgIpc) is 2.53. The van der Waals surface area contributed by atoms with Gasteiger partial charge in [0.25, 0.3) is 0 Å². The van der Waals surface area contributed by atoms with Gasteiger partial charge in [-0.15, -0.1) is 0 Å². The van der Waals surface area contributed by atoms with Gasteiger partial charge < -0.3 is 9.47 Å². The molecule has 21 heavy (non-hydrogen) atoms. The molecule has 0 spiro atoms. The summed E-state index contributed by atoms with van der Waals surface area (Å²) < 4.78 is 9.84. The fraction of sp³-hybridized carbons (Fsp3) is 0.529. The van der Waals surface area contributed by atoms with Gasteiger partial charge in [-0.1, -0.05) is 45.1 Å². The van der Waals surface area contributed by atoms with E-state index >= 15 is 0 Å². The lowest BCUT2D eigenvalue weighted by atomic mass is 10.1. The fourth-order valence-electron chi connectivity index (χ4n) is 2.02. The summed E-state index contributed by atoms with van der Waals surface area (Å²) >= 11 is 0. The molecule has 0 aliphatic carbocycles. The van der Waals surface area contributed by atoms with Crippen molar-refractivity contribution in [2.24, 2.45) is 0 Å². The van der Waals surface area contributed by atoms with Gasteiger partial charge in [-0.3, -0.25) is 0 Å². The maximum atomic E-state index is 11.9. The Kier molecular flexibility index (Phi) is 8.17. The number of carbonyl (C=O) groups is 2. The standard InChI is InChI=1S/C17H24O4/c1-3-4-5-6-7-8-12-21-17(19)15-11-9-10-14(13-15)16(18)20-2/h9-11,13H,3-8,12H2,1-2H3. The number of carbonyl (C=O) groups excluding carboxylic acids is 2. The number of rotatable bonds is 9. The Balaban J connectivity index is 2.33. The second-order valence-electron chi connectivity index (χ2n) is 4.98. The molecule has 0 heterocycles. The summed E-state index contributed by atoms with van der Waals surface area (Å²) in [5, 5.41) is 0.